The summed E-state index contributed by atoms with van der Waals surface area (Å²) in [5, 5.41) is 44.0. The number of aliphatic hydroxyl groups excluding tert-OH is 3. The fourth-order valence-electron chi connectivity index (χ4n) is 3.34. The van der Waals surface area contributed by atoms with Gasteiger partial charge in [0.25, 0.3) is 0 Å². The third-order valence-electron chi connectivity index (χ3n) is 4.85. The van der Waals surface area contributed by atoms with E-state index in [1.165, 1.54) is 17.8 Å². The van der Waals surface area contributed by atoms with Crippen LogP contribution < -0.4 is 10.6 Å². The second-order valence-electron chi connectivity index (χ2n) is 7.62. The van der Waals surface area contributed by atoms with Gasteiger partial charge in [0.15, 0.2) is 29.3 Å². The largest absolute Gasteiger partial charge is 0.480 e. The first-order chi connectivity index (χ1) is 15.1. The minimum absolute atomic E-state index is 0.0151. The fourth-order valence-corrected chi connectivity index (χ4v) is 3.34. The number of carboxylic acid groups (broad SMARTS) is 1. The number of aliphatic carboxylic acids is 1. The minimum atomic E-state index is -1.45. The number of nitrogens with zero attached hydrogens (tertiary/aromatic N) is 4. The maximum Gasteiger partial charge on any atom is 0.328 e. The van der Waals surface area contributed by atoms with Crippen molar-refractivity contribution in [1.29, 1.82) is 0 Å². The first kappa shape index (κ1) is 23.7. The van der Waals surface area contributed by atoms with Gasteiger partial charge >= 0.3 is 12.0 Å². The number of urea groups is 1. The van der Waals surface area contributed by atoms with E-state index in [-0.39, 0.29) is 29.7 Å². The van der Waals surface area contributed by atoms with Crippen molar-refractivity contribution >= 4 is 29.0 Å². The number of aliphatic hydroxyl groups is 3. The Kier molecular flexibility index (Phi) is 7.20. The normalized spacial score (nSPS) is 25.5. The smallest absolute Gasteiger partial charge is 0.328 e. The van der Waals surface area contributed by atoms with Gasteiger partial charge in [-0.1, -0.05) is 0 Å². The number of imidazole rings is 1. The third kappa shape index (κ3) is 4.94. The number of anilines is 1. The Morgan fingerprint density at radius 1 is 1.19 bits per heavy atom. The zero-order valence-electron chi connectivity index (χ0n) is 17.6. The highest BCUT2D eigenvalue weighted by atomic mass is 16.5. The summed E-state index contributed by atoms with van der Waals surface area (Å²) in [6.07, 6.45) is -3.83. The molecule has 0 bridgehead atoms. The van der Waals surface area contributed by atoms with Gasteiger partial charge in [0.2, 0.25) is 0 Å². The number of nitrogens with one attached hydrogen (secondary N) is 2. The lowest BCUT2D eigenvalue weighted by Gasteiger charge is -2.35. The van der Waals surface area contributed by atoms with Gasteiger partial charge in [0.1, 0.15) is 24.6 Å². The van der Waals surface area contributed by atoms with E-state index in [0.717, 1.165) is 6.33 Å². The molecule has 6 N–H and O–H groups in total. The van der Waals surface area contributed by atoms with Crippen molar-refractivity contribution < 1.29 is 39.5 Å². The van der Waals surface area contributed by atoms with Crippen LogP contribution in [-0.4, -0.2) is 95.1 Å². The molecule has 0 radical (unpaired) electrons. The van der Waals surface area contributed by atoms with Gasteiger partial charge in [0, 0.05) is 0 Å². The van der Waals surface area contributed by atoms with E-state index in [9.17, 15) is 30.0 Å². The number of aromatic nitrogens is 4. The van der Waals surface area contributed by atoms with E-state index in [0.29, 0.717) is 0 Å². The monoisotopic (exact) mass is 454 g/mol. The molecule has 2 aromatic rings. The van der Waals surface area contributed by atoms with Crippen molar-refractivity contribution in [1.82, 2.24) is 24.8 Å². The molecule has 3 heterocycles. The highest BCUT2D eigenvalue weighted by Gasteiger charge is 2.39. The summed E-state index contributed by atoms with van der Waals surface area (Å²) in [4.78, 5) is 36.2. The molecule has 0 aliphatic carbocycles. The number of hydrogen-bond donors (Lipinski definition) is 6. The van der Waals surface area contributed by atoms with Gasteiger partial charge in [-0.25, -0.2) is 24.5 Å². The van der Waals surface area contributed by atoms with Crippen molar-refractivity contribution in [2.75, 3.05) is 11.9 Å². The molecule has 176 valence electrons. The number of amides is 2. The van der Waals surface area contributed by atoms with Gasteiger partial charge in [-0.3, -0.25) is 9.88 Å². The summed E-state index contributed by atoms with van der Waals surface area (Å²) in [5.41, 5.74) is 0.312. The highest BCUT2D eigenvalue weighted by molar-refractivity contribution is 5.97. The second kappa shape index (κ2) is 9.70. The summed E-state index contributed by atoms with van der Waals surface area (Å²) < 4.78 is 12.2. The molecule has 14 nitrogen and oxygen atoms in total. The Labute approximate surface area is 182 Å². The summed E-state index contributed by atoms with van der Waals surface area (Å²) in [6.45, 7) is 4.81. The SMILES string of the molecule is CC(C)O[C@H](C)C(NC(=O)Nc1ncnc2c1ncn2[C@@H]1OC[C@@H](O)[C@H](O)C1O)C(=O)O. The molecule has 0 aromatic carbocycles. The summed E-state index contributed by atoms with van der Waals surface area (Å²) in [7, 11) is 0. The summed E-state index contributed by atoms with van der Waals surface area (Å²) in [5.74, 6) is -1.28. The molecule has 2 amide bonds. The van der Waals surface area contributed by atoms with Crippen LogP contribution in [0.25, 0.3) is 11.2 Å². The van der Waals surface area contributed by atoms with Crippen molar-refractivity contribution in [2.45, 2.75) is 63.6 Å². The average molecular weight is 454 g/mol. The highest BCUT2D eigenvalue weighted by Crippen LogP contribution is 2.28. The fraction of sp³-hybridized carbons (Fsp3) is 0.611. The van der Waals surface area contributed by atoms with E-state index >= 15 is 0 Å². The van der Waals surface area contributed by atoms with Crippen molar-refractivity contribution in [3.8, 4) is 0 Å². The Morgan fingerprint density at radius 3 is 2.56 bits per heavy atom. The number of ether oxygens (including phenoxy) is 2. The standard InChI is InChI=1S/C18H26N6O8/c1-7(2)32-8(3)10(17(28)29)22-18(30)23-14-11-15(20-5-19-14)24(6-21-11)16-13(27)12(26)9(25)4-31-16/h5-10,12-13,16,25-27H,4H2,1-3H3,(H,28,29)(H2,19,20,22,23,30)/t8-,9-,10?,12+,13?,16-/m1/s1. The Balaban J connectivity index is 1.79. The van der Waals surface area contributed by atoms with Crippen LogP contribution in [0.15, 0.2) is 12.7 Å². The van der Waals surface area contributed by atoms with Crippen LogP contribution >= 0.6 is 0 Å². The first-order valence-electron chi connectivity index (χ1n) is 9.89. The predicted molar refractivity (Wildman–Crippen MR) is 108 cm³/mol. The number of rotatable bonds is 7. The number of hydrogen-bond acceptors (Lipinski definition) is 10. The number of fused-ring (bicyclic) bond motifs is 1. The maximum atomic E-state index is 12.4. The van der Waals surface area contributed by atoms with Crippen molar-refractivity contribution in [3.05, 3.63) is 12.7 Å². The quantitative estimate of drug-likeness (QED) is 0.294. The lowest BCUT2D eigenvalue weighted by molar-refractivity contribution is -0.210. The minimum Gasteiger partial charge on any atom is -0.480 e. The van der Waals surface area contributed by atoms with E-state index in [4.69, 9.17) is 9.47 Å². The van der Waals surface area contributed by atoms with Gasteiger partial charge < -0.3 is 35.2 Å². The third-order valence-corrected chi connectivity index (χ3v) is 4.85. The van der Waals surface area contributed by atoms with Crippen LogP contribution in [0.3, 0.4) is 0 Å². The molecule has 1 saturated heterocycles. The van der Waals surface area contributed by atoms with Crippen LogP contribution in [0.5, 0.6) is 0 Å². The lowest BCUT2D eigenvalue weighted by atomic mass is 10.0. The van der Waals surface area contributed by atoms with Crippen LogP contribution in [0.2, 0.25) is 0 Å². The average Bonchev–Trinajstić information content (AvgIpc) is 3.14. The Bertz CT molecular complexity index is 968. The Morgan fingerprint density at radius 2 is 1.91 bits per heavy atom. The molecule has 32 heavy (non-hydrogen) atoms. The van der Waals surface area contributed by atoms with E-state index < -0.39 is 48.7 Å². The number of carboxylic acids is 1. The van der Waals surface area contributed by atoms with Crippen molar-refractivity contribution in [3.63, 3.8) is 0 Å². The van der Waals surface area contributed by atoms with Crippen LogP contribution in [-0.2, 0) is 14.3 Å². The zero-order valence-corrected chi connectivity index (χ0v) is 17.6. The topological polar surface area (TPSA) is 201 Å². The molecule has 2 aromatic heterocycles. The first-order valence-corrected chi connectivity index (χ1v) is 9.89. The van der Waals surface area contributed by atoms with Gasteiger partial charge in [0.05, 0.1) is 25.1 Å². The molecule has 1 aliphatic heterocycles. The molecular formula is C18H26N6O8. The van der Waals surface area contributed by atoms with E-state index in [2.05, 4.69) is 25.6 Å². The second-order valence-corrected chi connectivity index (χ2v) is 7.62. The van der Waals surface area contributed by atoms with Gasteiger partial charge in [-0.05, 0) is 20.8 Å². The van der Waals surface area contributed by atoms with Crippen molar-refractivity contribution in [2.24, 2.45) is 0 Å². The Hall–Kier alpha value is -2.91. The van der Waals surface area contributed by atoms with E-state index in [1.807, 2.05) is 0 Å². The molecular weight excluding hydrogens is 428 g/mol. The molecule has 1 fully saturated rings. The van der Waals surface area contributed by atoms with Gasteiger partial charge in [-0.2, -0.15) is 0 Å². The number of carbonyl (C=O) groups excluding carboxylic acids is 1. The van der Waals surface area contributed by atoms with Crippen LogP contribution in [0.4, 0.5) is 10.6 Å². The predicted octanol–water partition coefficient (Wildman–Crippen LogP) is -1.17. The van der Waals surface area contributed by atoms with Gasteiger partial charge in [-0.15, -0.1) is 0 Å². The van der Waals surface area contributed by atoms with Crippen LogP contribution in [0, 0.1) is 0 Å². The molecule has 0 spiro atoms. The molecule has 3 rings (SSSR count). The summed E-state index contributed by atoms with van der Waals surface area (Å²) >= 11 is 0. The van der Waals surface area contributed by atoms with Crippen LogP contribution in [0.1, 0.15) is 27.0 Å². The molecule has 2 unspecified atom stereocenters. The molecule has 1 aliphatic rings. The van der Waals surface area contributed by atoms with E-state index in [1.54, 1.807) is 13.8 Å². The molecule has 0 saturated carbocycles. The lowest BCUT2D eigenvalue weighted by Crippen LogP contribution is -2.50. The molecule has 14 heteroatoms. The molecule has 6 atom stereocenters. The summed E-state index contributed by atoms with van der Waals surface area (Å²) in [6, 6.07) is -2.16. The number of carbonyl (C=O) groups is 2. The maximum absolute atomic E-state index is 12.4. The zero-order chi connectivity index (χ0) is 23.6.